The molecule has 1 aliphatic rings. The van der Waals surface area contributed by atoms with Gasteiger partial charge in [-0.05, 0) is 76.0 Å². The van der Waals surface area contributed by atoms with Crippen LogP contribution in [0.5, 0.6) is 0 Å². The maximum absolute atomic E-state index is 12.4. The summed E-state index contributed by atoms with van der Waals surface area (Å²) in [5.74, 6) is -0.0670. The second-order valence-corrected chi connectivity index (χ2v) is 8.99. The molecule has 3 rings (SSSR count). The number of nitrogens with zero attached hydrogens (tertiary/aromatic N) is 1. The highest BCUT2D eigenvalue weighted by Gasteiger charge is 2.37. The second-order valence-electron chi connectivity index (χ2n) is 8.55. The molecular formula is C25H31ClN2O2. The molecule has 1 saturated carbocycles. The molecule has 0 heterocycles. The Bertz CT molecular complexity index is 841. The van der Waals surface area contributed by atoms with Gasteiger partial charge in [0.1, 0.15) is 0 Å². The lowest BCUT2D eigenvalue weighted by atomic mass is 9.75. The number of likely N-dealkylation sites (N-methyl/N-ethyl adjacent to an activating group) is 1. The number of hydrogen-bond acceptors (Lipinski definition) is 3. The highest BCUT2D eigenvalue weighted by molar-refractivity contribution is 6.30. The second kappa shape index (κ2) is 10.2. The van der Waals surface area contributed by atoms with Gasteiger partial charge in [0.15, 0.2) is 5.78 Å². The predicted molar refractivity (Wildman–Crippen MR) is 122 cm³/mol. The summed E-state index contributed by atoms with van der Waals surface area (Å²) >= 11 is 5.86. The first-order chi connectivity index (χ1) is 14.4. The Morgan fingerprint density at radius 2 is 1.63 bits per heavy atom. The van der Waals surface area contributed by atoms with Crippen molar-refractivity contribution in [3.8, 4) is 0 Å². The summed E-state index contributed by atoms with van der Waals surface area (Å²) in [7, 11) is 4.31. The summed E-state index contributed by atoms with van der Waals surface area (Å²) in [5.41, 5.74) is 2.09. The van der Waals surface area contributed by atoms with Crippen molar-refractivity contribution in [2.24, 2.45) is 0 Å². The monoisotopic (exact) mass is 426 g/mol. The number of carbonyl (C=O) groups excluding carboxylic acids is 2. The number of benzene rings is 2. The lowest BCUT2D eigenvalue weighted by Crippen LogP contribution is -2.52. The third-order valence-electron chi connectivity index (χ3n) is 6.35. The van der Waals surface area contributed by atoms with E-state index in [0.717, 1.165) is 32.1 Å². The van der Waals surface area contributed by atoms with E-state index in [1.54, 1.807) is 24.3 Å². The van der Waals surface area contributed by atoms with Crippen molar-refractivity contribution >= 4 is 23.3 Å². The molecule has 4 nitrogen and oxygen atoms in total. The van der Waals surface area contributed by atoms with Crippen molar-refractivity contribution < 1.29 is 9.59 Å². The molecule has 1 amide bonds. The molecule has 1 aliphatic carbocycles. The number of halogens is 1. The number of hydrogen-bond donors (Lipinski definition) is 1. The summed E-state index contributed by atoms with van der Waals surface area (Å²) in [4.78, 5) is 27.0. The van der Waals surface area contributed by atoms with Crippen LogP contribution in [0.1, 0.15) is 54.4 Å². The zero-order valence-corrected chi connectivity index (χ0v) is 18.6. The van der Waals surface area contributed by atoms with Crippen LogP contribution in [0, 0.1) is 0 Å². The highest BCUT2D eigenvalue weighted by Crippen LogP contribution is 2.35. The standard InChI is InChI=1S/C25H31ClN2O2/c1-28(2)25(18-19-6-4-3-5-7-19)16-14-22(15-17-25)27-24(30)13-12-23(29)20-8-10-21(26)11-9-20/h3-11,22H,12-18H2,1-2H3,(H,27,30). The molecule has 1 fully saturated rings. The average Bonchev–Trinajstić information content (AvgIpc) is 2.74. The van der Waals surface area contributed by atoms with Gasteiger partial charge in [0.25, 0.3) is 0 Å². The van der Waals surface area contributed by atoms with Crippen molar-refractivity contribution in [3.63, 3.8) is 0 Å². The fourth-order valence-electron chi connectivity index (χ4n) is 4.36. The first-order valence-corrected chi connectivity index (χ1v) is 11.1. The molecule has 160 valence electrons. The summed E-state index contributed by atoms with van der Waals surface area (Å²) < 4.78 is 0. The molecule has 0 bridgehead atoms. The van der Waals surface area contributed by atoms with E-state index in [4.69, 9.17) is 11.6 Å². The van der Waals surface area contributed by atoms with Crippen molar-refractivity contribution in [2.75, 3.05) is 14.1 Å². The molecule has 0 spiro atoms. The topological polar surface area (TPSA) is 49.4 Å². The minimum Gasteiger partial charge on any atom is -0.353 e. The minimum absolute atomic E-state index is 0.0278. The largest absolute Gasteiger partial charge is 0.353 e. The van der Waals surface area contributed by atoms with Gasteiger partial charge >= 0.3 is 0 Å². The van der Waals surface area contributed by atoms with Gasteiger partial charge in [0.05, 0.1) is 0 Å². The number of carbonyl (C=O) groups is 2. The summed E-state index contributed by atoms with van der Waals surface area (Å²) in [6.45, 7) is 0. The van der Waals surface area contributed by atoms with Gasteiger partial charge in [-0.3, -0.25) is 9.59 Å². The normalized spacial score (nSPS) is 21.4. The van der Waals surface area contributed by atoms with Crippen molar-refractivity contribution in [1.29, 1.82) is 0 Å². The molecule has 0 saturated heterocycles. The third kappa shape index (κ3) is 5.93. The Morgan fingerprint density at radius 3 is 2.23 bits per heavy atom. The number of ketones is 1. The van der Waals surface area contributed by atoms with E-state index in [2.05, 4.69) is 54.6 Å². The van der Waals surface area contributed by atoms with Crippen LogP contribution in [0.2, 0.25) is 5.02 Å². The van der Waals surface area contributed by atoms with E-state index < -0.39 is 0 Å². The van der Waals surface area contributed by atoms with E-state index in [-0.39, 0.29) is 36.1 Å². The van der Waals surface area contributed by atoms with Gasteiger partial charge in [-0.25, -0.2) is 0 Å². The average molecular weight is 427 g/mol. The summed E-state index contributed by atoms with van der Waals surface area (Å²) in [6.07, 6.45) is 5.48. The zero-order valence-electron chi connectivity index (χ0n) is 17.9. The first kappa shape index (κ1) is 22.5. The Balaban J connectivity index is 1.47. The van der Waals surface area contributed by atoms with E-state index >= 15 is 0 Å². The van der Waals surface area contributed by atoms with Crippen LogP contribution >= 0.6 is 11.6 Å². The van der Waals surface area contributed by atoms with Gasteiger partial charge in [0.2, 0.25) is 5.91 Å². The number of rotatable bonds is 8. The van der Waals surface area contributed by atoms with Crippen LogP contribution in [0.3, 0.4) is 0 Å². The van der Waals surface area contributed by atoms with Gasteiger partial charge in [-0.2, -0.15) is 0 Å². The number of Topliss-reactive ketones (excluding diaryl/α,β-unsaturated/α-hetero) is 1. The van der Waals surface area contributed by atoms with Gasteiger partial charge in [-0.15, -0.1) is 0 Å². The molecular weight excluding hydrogens is 396 g/mol. The van der Waals surface area contributed by atoms with Crippen LogP contribution < -0.4 is 5.32 Å². The lowest BCUT2D eigenvalue weighted by molar-refractivity contribution is -0.122. The molecule has 2 aromatic carbocycles. The first-order valence-electron chi connectivity index (χ1n) is 10.7. The quantitative estimate of drug-likeness (QED) is 0.610. The zero-order chi connectivity index (χ0) is 21.6. The number of nitrogens with one attached hydrogen (secondary N) is 1. The molecule has 2 aromatic rings. The molecule has 1 N–H and O–H groups in total. The maximum atomic E-state index is 12.4. The van der Waals surface area contributed by atoms with E-state index in [0.29, 0.717) is 10.6 Å². The predicted octanol–water partition coefficient (Wildman–Crippen LogP) is 4.90. The summed E-state index contributed by atoms with van der Waals surface area (Å²) in [5, 5.41) is 3.74. The SMILES string of the molecule is CN(C)C1(Cc2ccccc2)CCC(NC(=O)CCC(=O)c2ccc(Cl)cc2)CC1. The Labute approximate surface area is 184 Å². The fraction of sp³-hybridized carbons (Fsp3) is 0.440. The van der Waals surface area contributed by atoms with Gasteiger partial charge in [-0.1, -0.05) is 41.9 Å². The van der Waals surface area contributed by atoms with Crippen LogP contribution in [-0.4, -0.2) is 42.3 Å². The minimum atomic E-state index is -0.0391. The molecule has 30 heavy (non-hydrogen) atoms. The lowest BCUT2D eigenvalue weighted by Gasteiger charge is -2.45. The van der Waals surface area contributed by atoms with Crippen molar-refractivity contribution in [2.45, 2.75) is 56.5 Å². The fourth-order valence-corrected chi connectivity index (χ4v) is 4.49. The smallest absolute Gasteiger partial charge is 0.220 e. The summed E-state index contributed by atoms with van der Waals surface area (Å²) in [6, 6.07) is 17.6. The third-order valence-corrected chi connectivity index (χ3v) is 6.60. The molecule has 5 heteroatoms. The highest BCUT2D eigenvalue weighted by atomic mass is 35.5. The van der Waals surface area contributed by atoms with E-state index in [1.165, 1.54) is 5.56 Å². The van der Waals surface area contributed by atoms with E-state index in [1.807, 2.05) is 0 Å². The molecule has 0 radical (unpaired) electrons. The van der Waals surface area contributed by atoms with Crippen molar-refractivity contribution in [1.82, 2.24) is 10.2 Å². The van der Waals surface area contributed by atoms with Gasteiger partial charge in [0, 0.05) is 35.0 Å². The maximum Gasteiger partial charge on any atom is 0.220 e. The molecule has 0 atom stereocenters. The van der Waals surface area contributed by atoms with Crippen LogP contribution in [0.15, 0.2) is 54.6 Å². The molecule has 0 aliphatic heterocycles. The van der Waals surface area contributed by atoms with Crippen molar-refractivity contribution in [3.05, 3.63) is 70.7 Å². The van der Waals surface area contributed by atoms with Gasteiger partial charge < -0.3 is 10.2 Å². The number of amides is 1. The van der Waals surface area contributed by atoms with E-state index in [9.17, 15) is 9.59 Å². The van der Waals surface area contributed by atoms with Crippen LogP contribution in [-0.2, 0) is 11.2 Å². The molecule has 0 aromatic heterocycles. The Kier molecular flexibility index (Phi) is 7.68. The van der Waals surface area contributed by atoms with Crippen LogP contribution in [0.4, 0.5) is 0 Å². The van der Waals surface area contributed by atoms with Crippen LogP contribution in [0.25, 0.3) is 0 Å². The molecule has 0 unspecified atom stereocenters. The Morgan fingerprint density at radius 1 is 1.00 bits per heavy atom. The Hall–Kier alpha value is -2.17.